The molecule has 0 unspecified atom stereocenters. The molecule has 0 aliphatic carbocycles. The first-order valence-electron chi connectivity index (χ1n) is 3.90. The Bertz CT molecular complexity index is 184. The largest absolute Gasteiger partial charge is 0.294 e. The molecule has 0 N–H and O–H groups in total. The van der Waals surface area contributed by atoms with Gasteiger partial charge in [0.15, 0.2) is 0 Å². The van der Waals surface area contributed by atoms with Gasteiger partial charge in [0, 0.05) is 24.7 Å². The van der Waals surface area contributed by atoms with Crippen LogP contribution in [-0.4, -0.2) is 24.5 Å². The molecule has 11 heavy (non-hydrogen) atoms. The van der Waals surface area contributed by atoms with Crippen LogP contribution in [-0.2, 0) is 0 Å². The predicted molar refractivity (Wildman–Crippen MR) is 49.8 cm³/mol. The van der Waals surface area contributed by atoms with E-state index in [4.69, 9.17) is 11.6 Å². The normalized spacial score (nSPS) is 19.6. The summed E-state index contributed by atoms with van der Waals surface area (Å²) in [4.78, 5) is 2.31. The summed E-state index contributed by atoms with van der Waals surface area (Å²) in [6.07, 6.45) is 3.43. The second kappa shape index (κ2) is 3.93. The molecule has 2 heteroatoms. The van der Waals surface area contributed by atoms with Gasteiger partial charge in [0.2, 0.25) is 0 Å². The van der Waals surface area contributed by atoms with Crippen molar-refractivity contribution in [2.45, 2.75) is 13.3 Å². The fourth-order valence-corrected chi connectivity index (χ4v) is 1.54. The lowest BCUT2D eigenvalue weighted by atomic mass is 10.1. The Morgan fingerprint density at radius 3 is 3.09 bits per heavy atom. The zero-order chi connectivity index (χ0) is 8.27. The fraction of sp³-hybridized carbons (Fsp3) is 0.556. The number of hydrogen-bond acceptors (Lipinski definition) is 1. The topological polar surface area (TPSA) is 3.24 Å². The van der Waals surface area contributed by atoms with Gasteiger partial charge in [-0.05, 0) is 13.3 Å². The molecule has 62 valence electrons. The highest BCUT2D eigenvalue weighted by Crippen LogP contribution is 2.11. The second-order valence-electron chi connectivity index (χ2n) is 3.07. The molecule has 0 fully saturated rings. The lowest BCUT2D eigenvalue weighted by Gasteiger charge is -2.25. The third-order valence-electron chi connectivity index (χ3n) is 1.81. The minimum absolute atomic E-state index is 0.736. The van der Waals surface area contributed by atoms with Gasteiger partial charge in [0.25, 0.3) is 0 Å². The highest BCUT2D eigenvalue weighted by molar-refractivity contribution is 6.29. The molecule has 1 heterocycles. The minimum atomic E-state index is 0.736. The van der Waals surface area contributed by atoms with Crippen molar-refractivity contribution in [2.75, 3.05) is 19.6 Å². The molecule has 1 aliphatic rings. The molecule has 0 aromatic heterocycles. The third-order valence-corrected chi connectivity index (χ3v) is 1.93. The average Bonchev–Trinajstić information content (AvgIpc) is 1.85. The van der Waals surface area contributed by atoms with Crippen LogP contribution in [0.5, 0.6) is 0 Å². The molecule has 0 spiro atoms. The van der Waals surface area contributed by atoms with Gasteiger partial charge < -0.3 is 0 Å². The molecule has 1 nitrogen and oxygen atoms in total. The molecule has 0 radical (unpaired) electrons. The predicted octanol–water partition coefficient (Wildman–Crippen LogP) is 2.39. The lowest BCUT2D eigenvalue weighted by Crippen LogP contribution is -2.30. The number of nitrogens with zero attached hydrogens (tertiary/aromatic N) is 1. The zero-order valence-electron chi connectivity index (χ0n) is 6.94. The number of hydrogen-bond donors (Lipinski definition) is 0. The molecule has 0 aromatic rings. The first-order chi connectivity index (χ1) is 5.18. The molecular formula is C9H14ClN. The van der Waals surface area contributed by atoms with Gasteiger partial charge in [0.1, 0.15) is 0 Å². The highest BCUT2D eigenvalue weighted by Gasteiger charge is 2.09. The summed E-state index contributed by atoms with van der Waals surface area (Å²) < 4.78 is 0. The Morgan fingerprint density at radius 2 is 2.55 bits per heavy atom. The van der Waals surface area contributed by atoms with E-state index in [1.807, 2.05) is 0 Å². The van der Waals surface area contributed by atoms with Crippen molar-refractivity contribution in [3.8, 4) is 0 Å². The standard InChI is InChI=1S/C9H14ClN/c1-8-4-3-5-11(6-8)7-9(2)10/h4H,2-3,5-7H2,1H3. The third kappa shape index (κ3) is 3.08. The molecule has 0 saturated carbocycles. The first kappa shape index (κ1) is 8.82. The lowest BCUT2D eigenvalue weighted by molar-refractivity contribution is 0.319. The van der Waals surface area contributed by atoms with Crippen LogP contribution in [0.3, 0.4) is 0 Å². The summed E-state index contributed by atoms with van der Waals surface area (Å²) in [5.41, 5.74) is 1.44. The van der Waals surface area contributed by atoms with E-state index in [0.29, 0.717) is 0 Å². The zero-order valence-corrected chi connectivity index (χ0v) is 7.69. The van der Waals surface area contributed by atoms with Gasteiger partial charge in [-0.15, -0.1) is 0 Å². The average molecular weight is 172 g/mol. The van der Waals surface area contributed by atoms with Gasteiger partial charge in [-0.3, -0.25) is 4.90 Å². The Labute approximate surface area is 73.3 Å². The Kier molecular flexibility index (Phi) is 3.16. The number of rotatable bonds is 2. The van der Waals surface area contributed by atoms with Crippen LogP contribution < -0.4 is 0 Å². The van der Waals surface area contributed by atoms with Crippen molar-refractivity contribution in [1.82, 2.24) is 4.90 Å². The van der Waals surface area contributed by atoms with Crippen LogP contribution in [0.1, 0.15) is 13.3 Å². The van der Waals surface area contributed by atoms with Crippen LogP contribution in [0.15, 0.2) is 23.3 Å². The maximum atomic E-state index is 5.70. The van der Waals surface area contributed by atoms with Crippen LogP contribution in [0.4, 0.5) is 0 Å². The summed E-state index contributed by atoms with van der Waals surface area (Å²) in [7, 11) is 0. The van der Waals surface area contributed by atoms with Crippen LogP contribution in [0.25, 0.3) is 0 Å². The minimum Gasteiger partial charge on any atom is -0.294 e. The second-order valence-corrected chi connectivity index (χ2v) is 3.60. The van der Waals surface area contributed by atoms with E-state index in [1.165, 1.54) is 5.57 Å². The van der Waals surface area contributed by atoms with Gasteiger partial charge in [-0.25, -0.2) is 0 Å². The smallest absolute Gasteiger partial charge is 0.0339 e. The Hall–Kier alpha value is -0.270. The Balaban J connectivity index is 2.38. The van der Waals surface area contributed by atoms with E-state index in [0.717, 1.165) is 31.1 Å². The van der Waals surface area contributed by atoms with E-state index >= 15 is 0 Å². The summed E-state index contributed by atoms with van der Waals surface area (Å²) >= 11 is 5.70. The summed E-state index contributed by atoms with van der Waals surface area (Å²) in [6.45, 7) is 8.82. The number of halogens is 1. The van der Waals surface area contributed by atoms with Crippen molar-refractivity contribution in [1.29, 1.82) is 0 Å². The van der Waals surface area contributed by atoms with Crippen LogP contribution in [0, 0.1) is 0 Å². The van der Waals surface area contributed by atoms with Gasteiger partial charge >= 0.3 is 0 Å². The maximum Gasteiger partial charge on any atom is 0.0339 e. The fourth-order valence-electron chi connectivity index (χ4n) is 1.37. The SMILES string of the molecule is C=C(Cl)CN1CCC=C(C)C1. The summed E-state index contributed by atoms with van der Waals surface area (Å²) in [5.74, 6) is 0. The Morgan fingerprint density at radius 1 is 1.82 bits per heavy atom. The van der Waals surface area contributed by atoms with Crippen molar-refractivity contribution < 1.29 is 0 Å². The van der Waals surface area contributed by atoms with Crippen LogP contribution in [0.2, 0.25) is 0 Å². The maximum absolute atomic E-state index is 5.70. The van der Waals surface area contributed by atoms with Crippen molar-refractivity contribution in [3.05, 3.63) is 23.3 Å². The molecule has 1 aliphatic heterocycles. The van der Waals surface area contributed by atoms with E-state index in [1.54, 1.807) is 0 Å². The van der Waals surface area contributed by atoms with Gasteiger partial charge in [0.05, 0.1) is 0 Å². The van der Waals surface area contributed by atoms with E-state index < -0.39 is 0 Å². The molecule has 1 rings (SSSR count). The molecular weight excluding hydrogens is 158 g/mol. The van der Waals surface area contributed by atoms with E-state index in [-0.39, 0.29) is 0 Å². The van der Waals surface area contributed by atoms with Gasteiger partial charge in [-0.1, -0.05) is 29.8 Å². The quantitative estimate of drug-likeness (QED) is 0.577. The van der Waals surface area contributed by atoms with Crippen molar-refractivity contribution in [3.63, 3.8) is 0 Å². The monoisotopic (exact) mass is 171 g/mol. The van der Waals surface area contributed by atoms with Crippen molar-refractivity contribution >= 4 is 11.6 Å². The molecule has 0 saturated heterocycles. The van der Waals surface area contributed by atoms with Gasteiger partial charge in [-0.2, -0.15) is 0 Å². The summed E-state index contributed by atoms with van der Waals surface area (Å²) in [5, 5.41) is 0.736. The highest BCUT2D eigenvalue weighted by atomic mass is 35.5. The molecule has 0 amide bonds. The van der Waals surface area contributed by atoms with E-state index in [9.17, 15) is 0 Å². The molecule has 0 bridgehead atoms. The van der Waals surface area contributed by atoms with Crippen molar-refractivity contribution in [2.24, 2.45) is 0 Å². The van der Waals surface area contributed by atoms with Crippen LogP contribution >= 0.6 is 11.6 Å². The first-order valence-corrected chi connectivity index (χ1v) is 4.27. The molecule has 0 atom stereocenters. The molecule has 0 aromatic carbocycles. The van der Waals surface area contributed by atoms with E-state index in [2.05, 4.69) is 24.5 Å². The summed E-state index contributed by atoms with van der Waals surface area (Å²) in [6, 6.07) is 0.